The molecule has 2 N–H and O–H groups in total. The Morgan fingerprint density at radius 3 is 2.42 bits per heavy atom. The number of hydrogen-bond donors (Lipinski definition) is 2. The lowest BCUT2D eigenvalue weighted by Crippen LogP contribution is -2.32. The predicted octanol–water partition coefficient (Wildman–Crippen LogP) is 3.22. The molecule has 0 fully saturated rings. The van der Waals surface area contributed by atoms with E-state index in [0.29, 0.717) is 5.56 Å². The van der Waals surface area contributed by atoms with Crippen molar-refractivity contribution in [3.05, 3.63) is 59.7 Å². The van der Waals surface area contributed by atoms with Crippen LogP contribution in [0.5, 0.6) is 0 Å². The van der Waals surface area contributed by atoms with Crippen LogP contribution >= 0.6 is 0 Å². The van der Waals surface area contributed by atoms with Crippen molar-refractivity contribution in [1.29, 1.82) is 0 Å². The van der Waals surface area contributed by atoms with Crippen LogP contribution in [0.3, 0.4) is 0 Å². The minimum Gasteiger partial charge on any atom is -0.350 e. The molecule has 0 aliphatic heterocycles. The lowest BCUT2D eigenvalue weighted by Gasteiger charge is -2.15. The zero-order valence-corrected chi connectivity index (χ0v) is 15.8. The molecule has 0 aliphatic carbocycles. The van der Waals surface area contributed by atoms with E-state index in [-0.39, 0.29) is 33.9 Å². The van der Waals surface area contributed by atoms with Gasteiger partial charge in [0.05, 0.1) is 16.1 Å². The maximum Gasteiger partial charge on any atom is 0.261 e. The molecule has 6 nitrogen and oxygen atoms in total. The van der Waals surface area contributed by atoms with Gasteiger partial charge in [0, 0.05) is 11.6 Å². The molecular weight excluding hydrogens is 352 g/mol. The highest BCUT2D eigenvalue weighted by molar-refractivity contribution is 7.92. The van der Waals surface area contributed by atoms with E-state index in [4.69, 9.17) is 0 Å². The molecule has 0 aromatic heterocycles. The zero-order valence-electron chi connectivity index (χ0n) is 14.9. The summed E-state index contributed by atoms with van der Waals surface area (Å²) >= 11 is 0. The number of Topliss-reactive ketones (excluding diaryl/α,β-unsaturated/α-hetero) is 1. The number of benzene rings is 2. The summed E-state index contributed by atoms with van der Waals surface area (Å²) in [7, 11) is -3.94. The highest BCUT2D eigenvalue weighted by Gasteiger charge is 2.20. The van der Waals surface area contributed by atoms with Gasteiger partial charge < -0.3 is 5.32 Å². The molecule has 2 rings (SSSR count). The number of carbonyl (C=O) groups excluding carboxylic acids is 2. The molecule has 0 saturated heterocycles. The molecule has 7 heteroatoms. The molecule has 2 aromatic rings. The molecule has 0 spiro atoms. The number of carbonyl (C=O) groups is 2. The van der Waals surface area contributed by atoms with Gasteiger partial charge in [-0.15, -0.1) is 0 Å². The summed E-state index contributed by atoms with van der Waals surface area (Å²) in [5.41, 5.74) is 0.719. The average Bonchev–Trinajstić information content (AvgIpc) is 2.61. The Hall–Kier alpha value is -2.67. The van der Waals surface area contributed by atoms with Crippen LogP contribution in [-0.2, 0) is 10.0 Å². The van der Waals surface area contributed by atoms with Gasteiger partial charge in [-0.1, -0.05) is 31.2 Å². The van der Waals surface area contributed by atoms with Crippen LogP contribution in [0.25, 0.3) is 0 Å². The van der Waals surface area contributed by atoms with Crippen LogP contribution in [-0.4, -0.2) is 26.2 Å². The van der Waals surface area contributed by atoms with Gasteiger partial charge in [0.2, 0.25) is 0 Å². The van der Waals surface area contributed by atoms with Gasteiger partial charge in [0.25, 0.3) is 15.9 Å². The van der Waals surface area contributed by atoms with Crippen molar-refractivity contribution in [2.45, 2.75) is 38.1 Å². The Morgan fingerprint density at radius 1 is 1.08 bits per heavy atom. The first-order chi connectivity index (χ1) is 12.2. The van der Waals surface area contributed by atoms with Crippen LogP contribution in [0, 0.1) is 0 Å². The molecule has 0 radical (unpaired) electrons. The first kappa shape index (κ1) is 19.7. The number of para-hydroxylation sites is 1. The lowest BCUT2D eigenvalue weighted by atomic mass is 10.1. The minimum absolute atomic E-state index is 0.0283. The highest BCUT2D eigenvalue weighted by Crippen LogP contribution is 2.21. The molecule has 26 heavy (non-hydrogen) atoms. The molecule has 1 amide bonds. The largest absolute Gasteiger partial charge is 0.350 e. The summed E-state index contributed by atoms with van der Waals surface area (Å²) < 4.78 is 27.8. The fourth-order valence-corrected chi connectivity index (χ4v) is 3.38. The first-order valence-electron chi connectivity index (χ1n) is 8.28. The Balaban J connectivity index is 2.34. The average molecular weight is 374 g/mol. The van der Waals surface area contributed by atoms with E-state index in [2.05, 4.69) is 10.0 Å². The Kier molecular flexibility index (Phi) is 6.15. The highest BCUT2D eigenvalue weighted by atomic mass is 32.2. The predicted molar refractivity (Wildman–Crippen MR) is 101 cm³/mol. The normalized spacial score (nSPS) is 12.3. The molecular formula is C19H22N2O4S. The fraction of sp³-hybridized carbons (Fsp3) is 0.263. The Morgan fingerprint density at radius 2 is 1.77 bits per heavy atom. The van der Waals surface area contributed by atoms with Gasteiger partial charge in [-0.25, -0.2) is 8.42 Å². The van der Waals surface area contributed by atoms with Gasteiger partial charge in [-0.3, -0.25) is 14.3 Å². The minimum atomic E-state index is -3.94. The van der Waals surface area contributed by atoms with Gasteiger partial charge in [0.15, 0.2) is 5.78 Å². The molecule has 2 aromatic carbocycles. The third-order valence-corrected chi connectivity index (χ3v) is 5.32. The molecule has 0 saturated carbocycles. The number of sulfonamides is 1. The summed E-state index contributed by atoms with van der Waals surface area (Å²) in [6.07, 6.45) is 0.761. The Bertz CT molecular complexity index is 923. The standard InChI is InChI=1S/C19H22N2O4S/c1-4-13(2)20-19(23)17-10-5-6-11-18(17)21-26(24,25)16-9-7-8-15(12-16)14(3)22/h5-13,21H,4H2,1-3H3,(H,20,23)/t13-/m1/s1. The van der Waals surface area contributed by atoms with Crippen LogP contribution < -0.4 is 10.0 Å². The quantitative estimate of drug-likeness (QED) is 0.728. The van der Waals surface area contributed by atoms with Crippen molar-refractivity contribution in [3.8, 4) is 0 Å². The first-order valence-corrected chi connectivity index (χ1v) is 9.76. The number of nitrogens with one attached hydrogen (secondary N) is 2. The summed E-state index contributed by atoms with van der Waals surface area (Å²) in [5, 5.41) is 2.82. The molecule has 0 heterocycles. The second kappa shape index (κ2) is 8.14. The molecule has 138 valence electrons. The van der Waals surface area contributed by atoms with Crippen LogP contribution in [0.15, 0.2) is 53.4 Å². The third-order valence-electron chi connectivity index (χ3n) is 3.96. The van der Waals surface area contributed by atoms with Crippen molar-refractivity contribution in [2.24, 2.45) is 0 Å². The topological polar surface area (TPSA) is 92.3 Å². The smallest absolute Gasteiger partial charge is 0.261 e. The third kappa shape index (κ3) is 4.70. The molecule has 0 aliphatic rings. The van der Waals surface area contributed by atoms with E-state index < -0.39 is 10.0 Å². The summed E-state index contributed by atoms with van der Waals surface area (Å²) in [4.78, 5) is 23.9. The van der Waals surface area contributed by atoms with Gasteiger partial charge >= 0.3 is 0 Å². The van der Waals surface area contributed by atoms with Gasteiger partial charge in [0.1, 0.15) is 0 Å². The monoisotopic (exact) mass is 374 g/mol. The summed E-state index contributed by atoms with van der Waals surface area (Å²) in [5.74, 6) is -0.578. The van der Waals surface area contributed by atoms with E-state index in [1.165, 1.54) is 31.2 Å². The number of ketones is 1. The molecule has 1 atom stereocenters. The van der Waals surface area contributed by atoms with E-state index >= 15 is 0 Å². The lowest BCUT2D eigenvalue weighted by molar-refractivity contribution is 0.0939. The van der Waals surface area contributed by atoms with Crippen LogP contribution in [0.4, 0.5) is 5.69 Å². The van der Waals surface area contributed by atoms with Crippen molar-refractivity contribution >= 4 is 27.4 Å². The van der Waals surface area contributed by atoms with Crippen molar-refractivity contribution in [3.63, 3.8) is 0 Å². The maximum absolute atomic E-state index is 12.7. The van der Waals surface area contributed by atoms with Crippen LogP contribution in [0.1, 0.15) is 47.9 Å². The van der Waals surface area contributed by atoms with Crippen molar-refractivity contribution < 1.29 is 18.0 Å². The summed E-state index contributed by atoms with van der Waals surface area (Å²) in [6.45, 7) is 5.19. The van der Waals surface area contributed by atoms with E-state index in [1.54, 1.807) is 24.3 Å². The van der Waals surface area contributed by atoms with Gasteiger partial charge in [-0.2, -0.15) is 0 Å². The Labute approximate surface area is 153 Å². The maximum atomic E-state index is 12.7. The SMILES string of the molecule is CC[C@@H](C)NC(=O)c1ccccc1NS(=O)(=O)c1cccc(C(C)=O)c1. The molecule has 0 bridgehead atoms. The zero-order chi connectivity index (χ0) is 19.3. The molecule has 0 unspecified atom stereocenters. The number of rotatable bonds is 7. The van der Waals surface area contributed by atoms with Crippen LogP contribution in [0.2, 0.25) is 0 Å². The second-order valence-electron chi connectivity index (χ2n) is 6.02. The van der Waals surface area contributed by atoms with E-state index in [1.807, 2.05) is 13.8 Å². The fourth-order valence-electron chi connectivity index (χ4n) is 2.26. The van der Waals surface area contributed by atoms with Crippen molar-refractivity contribution in [1.82, 2.24) is 5.32 Å². The van der Waals surface area contributed by atoms with Crippen molar-refractivity contribution in [2.75, 3.05) is 4.72 Å². The van der Waals surface area contributed by atoms with E-state index in [9.17, 15) is 18.0 Å². The number of anilines is 1. The summed E-state index contributed by atoms with van der Waals surface area (Å²) in [6, 6.07) is 12.1. The second-order valence-corrected chi connectivity index (χ2v) is 7.70. The van der Waals surface area contributed by atoms with E-state index in [0.717, 1.165) is 6.42 Å². The van der Waals surface area contributed by atoms with Gasteiger partial charge in [-0.05, 0) is 44.5 Å². The number of hydrogen-bond acceptors (Lipinski definition) is 4. The number of amides is 1.